The lowest BCUT2D eigenvalue weighted by atomic mass is 10.1. The lowest BCUT2D eigenvalue weighted by Gasteiger charge is -2.06. The Labute approximate surface area is 90.6 Å². The highest BCUT2D eigenvalue weighted by Gasteiger charge is 2.04. The van der Waals surface area contributed by atoms with Crippen molar-refractivity contribution in [2.24, 2.45) is 0 Å². The minimum absolute atomic E-state index is 0.318. The summed E-state index contributed by atoms with van der Waals surface area (Å²) in [6, 6.07) is 5.74. The van der Waals surface area contributed by atoms with Crippen LogP contribution in [0.5, 0.6) is 5.75 Å². The summed E-state index contributed by atoms with van der Waals surface area (Å²) < 4.78 is 5.20. The van der Waals surface area contributed by atoms with E-state index < -0.39 is 0 Å². The standard InChI is InChI=1S/C13H16O2/c1-9(2)7-13(14)15-12-6-5-10(3)8-11(12)4/h5-8H,1-4H3. The molecule has 80 valence electrons. The molecule has 0 aromatic heterocycles. The molecule has 2 nitrogen and oxygen atoms in total. The van der Waals surface area contributed by atoms with Gasteiger partial charge in [0.05, 0.1) is 0 Å². The van der Waals surface area contributed by atoms with Gasteiger partial charge in [-0.15, -0.1) is 0 Å². The number of ether oxygens (including phenoxy) is 1. The van der Waals surface area contributed by atoms with Crippen LogP contribution in [0.2, 0.25) is 0 Å². The molecule has 0 aliphatic rings. The molecule has 0 spiro atoms. The Morgan fingerprint density at radius 1 is 1.27 bits per heavy atom. The summed E-state index contributed by atoms with van der Waals surface area (Å²) in [6.45, 7) is 7.67. The molecule has 0 unspecified atom stereocenters. The molecular formula is C13H16O2. The largest absolute Gasteiger partial charge is 0.423 e. The maximum atomic E-state index is 11.4. The molecule has 1 aromatic carbocycles. The number of allylic oxidation sites excluding steroid dienone is 1. The molecule has 0 saturated heterocycles. The van der Waals surface area contributed by atoms with Crippen molar-refractivity contribution in [1.29, 1.82) is 0 Å². The Morgan fingerprint density at radius 3 is 2.47 bits per heavy atom. The third-order valence-corrected chi connectivity index (χ3v) is 1.95. The number of hydrogen-bond donors (Lipinski definition) is 0. The summed E-state index contributed by atoms with van der Waals surface area (Å²) in [6.07, 6.45) is 1.49. The Balaban J connectivity index is 2.82. The smallest absolute Gasteiger partial charge is 0.336 e. The fourth-order valence-corrected chi connectivity index (χ4v) is 1.29. The Kier molecular flexibility index (Phi) is 3.67. The zero-order valence-electron chi connectivity index (χ0n) is 9.63. The Bertz CT molecular complexity index is 399. The molecule has 0 amide bonds. The van der Waals surface area contributed by atoms with Gasteiger partial charge < -0.3 is 4.74 Å². The lowest BCUT2D eigenvalue weighted by molar-refractivity contribution is -0.129. The van der Waals surface area contributed by atoms with Crippen molar-refractivity contribution in [3.8, 4) is 5.75 Å². The molecule has 1 rings (SSSR count). The lowest BCUT2D eigenvalue weighted by Crippen LogP contribution is -2.05. The predicted molar refractivity (Wildman–Crippen MR) is 61.0 cm³/mol. The summed E-state index contributed by atoms with van der Waals surface area (Å²) in [4.78, 5) is 11.4. The molecule has 15 heavy (non-hydrogen) atoms. The summed E-state index contributed by atoms with van der Waals surface area (Å²) in [5, 5.41) is 0. The fraction of sp³-hybridized carbons (Fsp3) is 0.308. The molecule has 0 aliphatic carbocycles. The van der Waals surface area contributed by atoms with Gasteiger partial charge in [-0.25, -0.2) is 4.79 Å². The van der Waals surface area contributed by atoms with E-state index in [4.69, 9.17) is 4.74 Å². The van der Waals surface area contributed by atoms with E-state index in [2.05, 4.69) is 0 Å². The van der Waals surface area contributed by atoms with Crippen molar-refractivity contribution in [3.63, 3.8) is 0 Å². The number of benzene rings is 1. The van der Waals surface area contributed by atoms with Gasteiger partial charge >= 0.3 is 5.97 Å². The molecule has 0 heterocycles. The van der Waals surface area contributed by atoms with Crippen LogP contribution in [0.4, 0.5) is 0 Å². The Morgan fingerprint density at radius 2 is 1.93 bits per heavy atom. The van der Waals surface area contributed by atoms with Crippen LogP contribution in [0.15, 0.2) is 29.8 Å². The van der Waals surface area contributed by atoms with Crippen LogP contribution in [0.1, 0.15) is 25.0 Å². The number of aryl methyl sites for hydroxylation is 2. The minimum atomic E-state index is -0.318. The topological polar surface area (TPSA) is 26.3 Å². The minimum Gasteiger partial charge on any atom is -0.423 e. The zero-order chi connectivity index (χ0) is 11.4. The third kappa shape index (κ3) is 3.58. The summed E-state index contributed by atoms with van der Waals surface area (Å²) in [5.74, 6) is 0.310. The van der Waals surface area contributed by atoms with Gasteiger partial charge in [-0.05, 0) is 39.3 Å². The fourth-order valence-electron chi connectivity index (χ4n) is 1.29. The van der Waals surface area contributed by atoms with E-state index >= 15 is 0 Å². The number of carbonyl (C=O) groups is 1. The van der Waals surface area contributed by atoms with Gasteiger partial charge in [0, 0.05) is 6.08 Å². The number of carbonyl (C=O) groups excluding carboxylic acids is 1. The molecule has 0 radical (unpaired) electrons. The van der Waals surface area contributed by atoms with Gasteiger partial charge in [0.15, 0.2) is 0 Å². The molecule has 0 N–H and O–H groups in total. The molecule has 0 atom stereocenters. The second-order valence-corrected chi connectivity index (χ2v) is 3.91. The molecule has 0 aliphatic heterocycles. The van der Waals surface area contributed by atoms with Crippen molar-refractivity contribution in [3.05, 3.63) is 41.0 Å². The van der Waals surface area contributed by atoms with Gasteiger partial charge in [0.2, 0.25) is 0 Å². The monoisotopic (exact) mass is 204 g/mol. The average molecular weight is 204 g/mol. The summed E-state index contributed by atoms with van der Waals surface area (Å²) in [5.41, 5.74) is 3.07. The number of hydrogen-bond acceptors (Lipinski definition) is 2. The first-order chi connectivity index (χ1) is 6.99. The van der Waals surface area contributed by atoms with Crippen molar-refractivity contribution >= 4 is 5.97 Å². The van der Waals surface area contributed by atoms with Gasteiger partial charge in [0.1, 0.15) is 5.75 Å². The van der Waals surface area contributed by atoms with Crippen molar-refractivity contribution in [2.45, 2.75) is 27.7 Å². The first-order valence-electron chi connectivity index (χ1n) is 4.93. The SMILES string of the molecule is CC(C)=CC(=O)Oc1ccc(C)cc1C. The van der Waals surface area contributed by atoms with Crippen LogP contribution >= 0.6 is 0 Å². The first-order valence-corrected chi connectivity index (χ1v) is 4.93. The van der Waals surface area contributed by atoms with Crippen LogP contribution in [-0.4, -0.2) is 5.97 Å². The Hall–Kier alpha value is -1.57. The van der Waals surface area contributed by atoms with Crippen LogP contribution < -0.4 is 4.74 Å². The summed E-state index contributed by atoms with van der Waals surface area (Å²) >= 11 is 0. The highest BCUT2D eigenvalue weighted by atomic mass is 16.5. The highest BCUT2D eigenvalue weighted by molar-refractivity contribution is 5.84. The molecule has 0 saturated carbocycles. The van der Waals surface area contributed by atoms with Gasteiger partial charge in [0.25, 0.3) is 0 Å². The van der Waals surface area contributed by atoms with Crippen LogP contribution in [0, 0.1) is 13.8 Å². The quantitative estimate of drug-likeness (QED) is 0.420. The van der Waals surface area contributed by atoms with E-state index in [1.807, 2.05) is 45.9 Å². The van der Waals surface area contributed by atoms with E-state index in [9.17, 15) is 4.79 Å². The average Bonchev–Trinajstić information content (AvgIpc) is 2.08. The van der Waals surface area contributed by atoms with Crippen LogP contribution in [-0.2, 0) is 4.79 Å². The molecule has 1 aromatic rings. The van der Waals surface area contributed by atoms with Crippen molar-refractivity contribution in [2.75, 3.05) is 0 Å². The van der Waals surface area contributed by atoms with E-state index in [0.29, 0.717) is 5.75 Å². The molecule has 0 fully saturated rings. The summed E-state index contributed by atoms with van der Waals surface area (Å²) in [7, 11) is 0. The van der Waals surface area contributed by atoms with Crippen LogP contribution in [0.3, 0.4) is 0 Å². The predicted octanol–water partition coefficient (Wildman–Crippen LogP) is 3.18. The van der Waals surface area contributed by atoms with Gasteiger partial charge in [-0.1, -0.05) is 23.3 Å². The van der Waals surface area contributed by atoms with E-state index in [1.54, 1.807) is 0 Å². The van der Waals surface area contributed by atoms with E-state index in [0.717, 1.165) is 16.7 Å². The second kappa shape index (κ2) is 4.78. The maximum Gasteiger partial charge on any atom is 0.336 e. The van der Waals surface area contributed by atoms with Crippen molar-refractivity contribution < 1.29 is 9.53 Å². The molecule has 2 heteroatoms. The molecule has 0 bridgehead atoms. The van der Waals surface area contributed by atoms with E-state index in [1.165, 1.54) is 6.08 Å². The van der Waals surface area contributed by atoms with Crippen molar-refractivity contribution in [1.82, 2.24) is 0 Å². The number of rotatable bonds is 2. The maximum absolute atomic E-state index is 11.4. The van der Waals surface area contributed by atoms with Gasteiger partial charge in [-0.2, -0.15) is 0 Å². The third-order valence-electron chi connectivity index (χ3n) is 1.95. The normalized spacial score (nSPS) is 9.60. The van der Waals surface area contributed by atoms with E-state index in [-0.39, 0.29) is 5.97 Å². The molecular weight excluding hydrogens is 188 g/mol. The zero-order valence-corrected chi connectivity index (χ0v) is 9.63. The highest BCUT2D eigenvalue weighted by Crippen LogP contribution is 2.18. The van der Waals surface area contributed by atoms with Crippen LogP contribution in [0.25, 0.3) is 0 Å². The van der Waals surface area contributed by atoms with Gasteiger partial charge in [-0.3, -0.25) is 0 Å². The number of esters is 1. The first kappa shape index (κ1) is 11.5. The second-order valence-electron chi connectivity index (χ2n) is 3.91.